The molecule has 0 aromatic carbocycles. The first-order chi connectivity index (χ1) is 12.6. The SMILES string of the molecule is CC(CC(=O)NCCN1C(=O)C2C3C=CC(C3)C2C1=O)C1CCCNC1.Cl. The van der Waals surface area contributed by atoms with Gasteiger partial charge in [-0.25, -0.2) is 0 Å². The lowest BCUT2D eigenvalue weighted by molar-refractivity contribution is -0.141. The lowest BCUT2D eigenvalue weighted by Gasteiger charge is -2.28. The average molecular weight is 396 g/mol. The maximum absolute atomic E-state index is 12.6. The highest BCUT2D eigenvalue weighted by molar-refractivity contribution is 6.06. The Bertz CT molecular complexity index is 602. The third kappa shape index (κ3) is 3.79. The van der Waals surface area contributed by atoms with Crippen LogP contribution in [0.2, 0.25) is 0 Å². The van der Waals surface area contributed by atoms with Gasteiger partial charge in [-0.05, 0) is 56.0 Å². The van der Waals surface area contributed by atoms with Gasteiger partial charge in [0.2, 0.25) is 17.7 Å². The quantitative estimate of drug-likeness (QED) is 0.525. The van der Waals surface area contributed by atoms with Crippen molar-refractivity contribution in [2.24, 2.45) is 35.5 Å². The topological polar surface area (TPSA) is 78.5 Å². The Morgan fingerprint density at radius 1 is 1.26 bits per heavy atom. The zero-order valence-corrected chi connectivity index (χ0v) is 16.7. The molecule has 0 aromatic rings. The van der Waals surface area contributed by atoms with E-state index in [2.05, 4.69) is 29.7 Å². The third-order valence-corrected chi connectivity index (χ3v) is 6.87. The minimum absolute atomic E-state index is 0. The summed E-state index contributed by atoms with van der Waals surface area (Å²) in [6, 6.07) is 0. The molecule has 6 nitrogen and oxygen atoms in total. The first-order valence-electron chi connectivity index (χ1n) is 10.1. The molecule has 27 heavy (non-hydrogen) atoms. The molecule has 2 bridgehead atoms. The summed E-state index contributed by atoms with van der Waals surface area (Å²) in [5.74, 6) is 1.04. The van der Waals surface area contributed by atoms with E-state index in [1.54, 1.807) is 0 Å². The number of nitrogens with one attached hydrogen (secondary N) is 2. The van der Waals surface area contributed by atoms with Crippen LogP contribution in [0.15, 0.2) is 12.2 Å². The number of hydrogen-bond acceptors (Lipinski definition) is 4. The lowest BCUT2D eigenvalue weighted by Crippen LogP contribution is -2.40. The Morgan fingerprint density at radius 2 is 1.93 bits per heavy atom. The summed E-state index contributed by atoms with van der Waals surface area (Å²) in [4.78, 5) is 38.8. The van der Waals surface area contributed by atoms with Gasteiger partial charge in [-0.2, -0.15) is 0 Å². The fourth-order valence-corrected chi connectivity index (χ4v) is 5.39. The van der Waals surface area contributed by atoms with Gasteiger partial charge < -0.3 is 10.6 Å². The first-order valence-corrected chi connectivity index (χ1v) is 10.1. The van der Waals surface area contributed by atoms with Gasteiger partial charge in [0.05, 0.1) is 11.8 Å². The Morgan fingerprint density at radius 3 is 2.52 bits per heavy atom. The predicted molar refractivity (Wildman–Crippen MR) is 104 cm³/mol. The van der Waals surface area contributed by atoms with Gasteiger partial charge in [0.25, 0.3) is 0 Å². The number of allylic oxidation sites excluding steroid dienone is 2. The average Bonchev–Trinajstić information content (AvgIpc) is 3.32. The highest BCUT2D eigenvalue weighted by Crippen LogP contribution is 2.52. The van der Waals surface area contributed by atoms with Crippen molar-refractivity contribution >= 4 is 30.1 Å². The second-order valence-corrected chi connectivity index (χ2v) is 8.47. The van der Waals surface area contributed by atoms with Crippen molar-refractivity contribution in [2.75, 3.05) is 26.2 Å². The number of fused-ring (bicyclic) bond motifs is 5. The van der Waals surface area contributed by atoms with Crippen LogP contribution in [-0.4, -0.2) is 48.8 Å². The van der Waals surface area contributed by atoms with E-state index in [0.717, 1.165) is 19.5 Å². The van der Waals surface area contributed by atoms with Gasteiger partial charge in [0, 0.05) is 19.5 Å². The highest BCUT2D eigenvalue weighted by Gasteiger charge is 2.58. The standard InChI is InChI=1S/C20H29N3O3.ClH/c1-12(15-3-2-6-21-11-15)9-16(24)22-7-8-23-19(25)17-13-4-5-14(10-13)18(17)20(23)26;/h4-5,12-15,17-18,21H,2-3,6-11H2,1H3,(H,22,24);1H. The summed E-state index contributed by atoms with van der Waals surface area (Å²) in [5.41, 5.74) is 0. The molecule has 7 heteroatoms. The van der Waals surface area contributed by atoms with Crippen molar-refractivity contribution in [1.82, 2.24) is 15.5 Å². The monoisotopic (exact) mass is 395 g/mol. The largest absolute Gasteiger partial charge is 0.354 e. The number of rotatable bonds is 6. The van der Waals surface area contributed by atoms with E-state index in [1.165, 1.54) is 17.7 Å². The molecule has 3 fully saturated rings. The van der Waals surface area contributed by atoms with Crippen LogP contribution in [0, 0.1) is 35.5 Å². The number of likely N-dealkylation sites (tertiary alicyclic amines) is 1. The second-order valence-electron chi connectivity index (χ2n) is 8.47. The number of carbonyl (C=O) groups is 3. The first kappa shape index (κ1) is 20.3. The summed E-state index contributed by atoms with van der Waals surface area (Å²) in [7, 11) is 0. The number of carbonyl (C=O) groups excluding carboxylic acids is 3. The predicted octanol–water partition coefficient (Wildman–Crippen LogP) is 1.36. The second kappa shape index (κ2) is 8.31. The zero-order valence-electron chi connectivity index (χ0n) is 15.9. The molecule has 4 aliphatic rings. The van der Waals surface area contributed by atoms with Gasteiger partial charge in [-0.15, -0.1) is 12.4 Å². The van der Waals surface area contributed by atoms with Crippen LogP contribution in [0.4, 0.5) is 0 Å². The summed E-state index contributed by atoms with van der Waals surface area (Å²) >= 11 is 0. The minimum Gasteiger partial charge on any atom is -0.354 e. The van der Waals surface area contributed by atoms with Crippen molar-refractivity contribution in [3.63, 3.8) is 0 Å². The van der Waals surface area contributed by atoms with Crippen molar-refractivity contribution in [1.29, 1.82) is 0 Å². The molecule has 0 spiro atoms. The van der Waals surface area contributed by atoms with E-state index < -0.39 is 0 Å². The van der Waals surface area contributed by atoms with Crippen LogP contribution in [0.1, 0.15) is 32.6 Å². The molecule has 2 heterocycles. The Kier molecular flexibility index (Phi) is 6.26. The van der Waals surface area contributed by atoms with E-state index in [0.29, 0.717) is 31.3 Å². The summed E-state index contributed by atoms with van der Waals surface area (Å²) in [6.45, 7) is 4.86. The van der Waals surface area contributed by atoms with E-state index in [1.807, 2.05) is 0 Å². The minimum atomic E-state index is -0.146. The van der Waals surface area contributed by atoms with Gasteiger partial charge in [-0.3, -0.25) is 19.3 Å². The van der Waals surface area contributed by atoms with Crippen LogP contribution < -0.4 is 10.6 Å². The number of imide groups is 1. The molecule has 1 saturated carbocycles. The number of amides is 3. The van der Waals surface area contributed by atoms with E-state index in [9.17, 15) is 14.4 Å². The fourth-order valence-electron chi connectivity index (χ4n) is 5.39. The third-order valence-electron chi connectivity index (χ3n) is 6.87. The summed E-state index contributed by atoms with van der Waals surface area (Å²) in [5, 5.41) is 6.30. The van der Waals surface area contributed by atoms with Crippen molar-refractivity contribution < 1.29 is 14.4 Å². The Balaban J connectivity index is 0.00000210. The maximum atomic E-state index is 12.6. The zero-order chi connectivity index (χ0) is 18.3. The van der Waals surface area contributed by atoms with Crippen LogP contribution in [0.25, 0.3) is 0 Å². The van der Waals surface area contributed by atoms with Crippen LogP contribution in [-0.2, 0) is 14.4 Å². The van der Waals surface area contributed by atoms with Gasteiger partial charge in [0.1, 0.15) is 0 Å². The molecular weight excluding hydrogens is 366 g/mol. The molecule has 2 N–H and O–H groups in total. The number of nitrogens with zero attached hydrogens (tertiary/aromatic N) is 1. The fraction of sp³-hybridized carbons (Fsp3) is 0.750. The molecule has 2 saturated heterocycles. The number of piperidine rings is 1. The smallest absolute Gasteiger partial charge is 0.233 e. The van der Waals surface area contributed by atoms with Gasteiger partial charge >= 0.3 is 0 Å². The lowest BCUT2D eigenvalue weighted by atomic mass is 9.85. The molecule has 0 radical (unpaired) electrons. The van der Waals surface area contributed by atoms with Crippen LogP contribution in [0.5, 0.6) is 0 Å². The number of hydrogen-bond donors (Lipinski definition) is 2. The summed E-state index contributed by atoms with van der Waals surface area (Å²) < 4.78 is 0. The van der Waals surface area contributed by atoms with E-state index in [4.69, 9.17) is 0 Å². The van der Waals surface area contributed by atoms with Gasteiger partial charge in [0.15, 0.2) is 0 Å². The Hall–Kier alpha value is -1.40. The highest BCUT2D eigenvalue weighted by atomic mass is 35.5. The van der Waals surface area contributed by atoms with Crippen molar-refractivity contribution in [2.45, 2.75) is 32.6 Å². The number of halogens is 1. The van der Waals surface area contributed by atoms with Crippen molar-refractivity contribution in [3.8, 4) is 0 Å². The molecule has 6 atom stereocenters. The molecule has 2 aliphatic carbocycles. The molecule has 150 valence electrons. The van der Waals surface area contributed by atoms with E-state index >= 15 is 0 Å². The molecule has 0 aromatic heterocycles. The maximum Gasteiger partial charge on any atom is 0.233 e. The molecule has 3 amide bonds. The van der Waals surface area contributed by atoms with Gasteiger partial charge in [-0.1, -0.05) is 19.1 Å². The normalized spacial score (nSPS) is 35.1. The molecule has 6 unspecified atom stereocenters. The van der Waals surface area contributed by atoms with Crippen LogP contribution >= 0.6 is 12.4 Å². The molecule has 2 aliphatic heterocycles. The molecule has 4 rings (SSSR count). The van der Waals surface area contributed by atoms with E-state index in [-0.39, 0.29) is 53.8 Å². The van der Waals surface area contributed by atoms with Crippen LogP contribution in [0.3, 0.4) is 0 Å². The Labute approximate surface area is 166 Å². The summed E-state index contributed by atoms with van der Waals surface area (Å²) in [6.07, 6.45) is 8.01. The molecular formula is C20H30ClN3O3. The van der Waals surface area contributed by atoms with Crippen molar-refractivity contribution in [3.05, 3.63) is 12.2 Å².